The minimum absolute atomic E-state index is 0.0257. The van der Waals surface area contributed by atoms with E-state index in [0.717, 1.165) is 16.7 Å². The van der Waals surface area contributed by atoms with Crippen molar-refractivity contribution in [3.63, 3.8) is 0 Å². The number of aromatic amines is 1. The molecule has 3 rings (SSSR count). The summed E-state index contributed by atoms with van der Waals surface area (Å²) in [5.41, 5.74) is 9.91. The van der Waals surface area contributed by atoms with Crippen LogP contribution >= 0.6 is 0 Å². The van der Waals surface area contributed by atoms with Crippen molar-refractivity contribution in [2.24, 2.45) is 0 Å². The van der Waals surface area contributed by atoms with Crippen molar-refractivity contribution in [2.75, 3.05) is 19.8 Å². The Morgan fingerprint density at radius 2 is 1.78 bits per heavy atom. The molecule has 0 saturated carbocycles. The lowest BCUT2D eigenvalue weighted by atomic mass is 10.0. The van der Waals surface area contributed by atoms with E-state index in [2.05, 4.69) is 20.6 Å². The highest BCUT2D eigenvalue weighted by molar-refractivity contribution is 5.94. The second-order valence-electron chi connectivity index (χ2n) is 5.33. The van der Waals surface area contributed by atoms with Gasteiger partial charge in [-0.25, -0.2) is 5.10 Å². The summed E-state index contributed by atoms with van der Waals surface area (Å²) in [4.78, 5) is 13.5. The van der Waals surface area contributed by atoms with Crippen molar-refractivity contribution < 1.29 is 4.79 Å². The van der Waals surface area contributed by atoms with Crippen molar-refractivity contribution in [3.05, 3.63) is 48.0 Å². The fourth-order valence-corrected chi connectivity index (χ4v) is 2.28. The van der Waals surface area contributed by atoms with Gasteiger partial charge in [-0.15, -0.1) is 5.10 Å². The van der Waals surface area contributed by atoms with Crippen LogP contribution in [0.1, 0.15) is 10.4 Å². The minimum Gasteiger partial charge on any atom is -0.398 e. The van der Waals surface area contributed by atoms with Crippen LogP contribution in [-0.4, -0.2) is 45.5 Å². The molecule has 0 aliphatic carbocycles. The Labute approximate surface area is 133 Å². The summed E-state index contributed by atoms with van der Waals surface area (Å²) in [6.07, 6.45) is 0. The van der Waals surface area contributed by atoms with Gasteiger partial charge in [-0.3, -0.25) is 4.79 Å². The third kappa shape index (κ3) is 2.89. The van der Waals surface area contributed by atoms with Gasteiger partial charge in [0.25, 0.3) is 5.91 Å². The maximum Gasteiger partial charge on any atom is 0.253 e. The van der Waals surface area contributed by atoms with Crippen LogP contribution in [0.5, 0.6) is 0 Å². The molecule has 3 N–H and O–H groups in total. The van der Waals surface area contributed by atoms with Crippen LogP contribution in [0.25, 0.3) is 22.5 Å². The van der Waals surface area contributed by atoms with Crippen LogP contribution in [-0.2, 0) is 0 Å². The van der Waals surface area contributed by atoms with Crippen molar-refractivity contribution in [2.45, 2.75) is 0 Å². The second kappa shape index (κ2) is 5.88. The van der Waals surface area contributed by atoms with Gasteiger partial charge in [0.1, 0.15) is 0 Å². The number of amides is 1. The number of carbonyl (C=O) groups is 1. The van der Waals surface area contributed by atoms with E-state index in [-0.39, 0.29) is 5.91 Å². The lowest BCUT2D eigenvalue weighted by Crippen LogP contribution is -2.21. The first-order chi connectivity index (χ1) is 11.1. The molecule has 0 radical (unpaired) electrons. The first kappa shape index (κ1) is 14.7. The Morgan fingerprint density at radius 3 is 2.39 bits per heavy atom. The predicted molar refractivity (Wildman–Crippen MR) is 87.5 cm³/mol. The highest BCUT2D eigenvalue weighted by Crippen LogP contribution is 2.29. The third-order valence-electron chi connectivity index (χ3n) is 3.53. The second-order valence-corrected chi connectivity index (χ2v) is 5.33. The molecule has 0 bridgehead atoms. The summed E-state index contributed by atoms with van der Waals surface area (Å²) < 4.78 is 0. The number of rotatable bonds is 3. The molecule has 7 heteroatoms. The number of benzene rings is 2. The van der Waals surface area contributed by atoms with Gasteiger partial charge in [0.2, 0.25) is 0 Å². The zero-order valence-electron chi connectivity index (χ0n) is 12.8. The third-order valence-corrected chi connectivity index (χ3v) is 3.53. The average Bonchev–Trinajstić information content (AvgIpc) is 3.09. The van der Waals surface area contributed by atoms with Crippen LogP contribution in [0.4, 0.5) is 5.69 Å². The molecule has 1 amide bonds. The fraction of sp³-hybridized carbons (Fsp3) is 0.125. The van der Waals surface area contributed by atoms with E-state index in [4.69, 9.17) is 5.73 Å². The molecule has 3 aromatic rings. The molecule has 0 unspecified atom stereocenters. The van der Waals surface area contributed by atoms with Gasteiger partial charge >= 0.3 is 0 Å². The number of aromatic nitrogens is 4. The number of nitrogens with one attached hydrogen (secondary N) is 1. The van der Waals surface area contributed by atoms with Crippen LogP contribution < -0.4 is 5.73 Å². The molecular weight excluding hydrogens is 292 g/mol. The molecule has 0 saturated heterocycles. The Hall–Kier alpha value is -3.22. The summed E-state index contributed by atoms with van der Waals surface area (Å²) in [6.45, 7) is 0. The van der Waals surface area contributed by atoms with Crippen LogP contribution in [0.3, 0.4) is 0 Å². The molecule has 23 heavy (non-hydrogen) atoms. The zero-order chi connectivity index (χ0) is 16.4. The van der Waals surface area contributed by atoms with Crippen molar-refractivity contribution in [3.8, 4) is 22.5 Å². The lowest BCUT2D eigenvalue weighted by Gasteiger charge is -2.11. The Morgan fingerprint density at radius 1 is 1.09 bits per heavy atom. The number of hydrogen-bond acceptors (Lipinski definition) is 5. The standard InChI is InChI=1S/C16H16N6O/c1-22(2)16(23)11-5-3-10(4-6-11)12-7-8-14(17)13(9-12)15-18-20-21-19-15/h3-9H,17H2,1-2H3,(H,18,19,20,21). The molecule has 116 valence electrons. The van der Waals surface area contributed by atoms with E-state index in [1.165, 1.54) is 0 Å². The largest absolute Gasteiger partial charge is 0.398 e. The molecule has 7 nitrogen and oxygen atoms in total. The van der Waals surface area contributed by atoms with Gasteiger partial charge < -0.3 is 10.6 Å². The molecule has 0 fully saturated rings. The summed E-state index contributed by atoms with van der Waals surface area (Å²) in [5.74, 6) is 0.492. The van der Waals surface area contributed by atoms with Gasteiger partial charge in [0.15, 0.2) is 5.82 Å². The Balaban J connectivity index is 1.96. The molecule has 0 aliphatic rings. The number of anilines is 1. The molecule has 1 aromatic heterocycles. The monoisotopic (exact) mass is 308 g/mol. The molecular formula is C16H16N6O. The van der Waals surface area contributed by atoms with Crippen molar-refractivity contribution in [1.82, 2.24) is 25.5 Å². The topological polar surface area (TPSA) is 101 Å². The minimum atomic E-state index is -0.0257. The van der Waals surface area contributed by atoms with Crippen molar-refractivity contribution in [1.29, 1.82) is 0 Å². The number of nitrogen functional groups attached to an aromatic ring is 1. The normalized spacial score (nSPS) is 10.5. The average molecular weight is 308 g/mol. The summed E-state index contributed by atoms with van der Waals surface area (Å²) in [6, 6.07) is 13.1. The lowest BCUT2D eigenvalue weighted by molar-refractivity contribution is 0.0827. The first-order valence-corrected chi connectivity index (χ1v) is 7.02. The first-order valence-electron chi connectivity index (χ1n) is 7.02. The Kier molecular flexibility index (Phi) is 3.76. The SMILES string of the molecule is CN(C)C(=O)c1ccc(-c2ccc(N)c(-c3nnn[nH]3)c2)cc1. The van der Waals surface area contributed by atoms with E-state index < -0.39 is 0 Å². The van der Waals surface area contributed by atoms with Gasteiger partial charge in [0, 0.05) is 30.9 Å². The summed E-state index contributed by atoms with van der Waals surface area (Å²) in [5, 5.41) is 13.7. The van der Waals surface area contributed by atoms with Crippen LogP contribution in [0, 0.1) is 0 Å². The maximum atomic E-state index is 11.9. The number of tetrazole rings is 1. The summed E-state index contributed by atoms with van der Waals surface area (Å²) >= 11 is 0. The van der Waals surface area contributed by atoms with E-state index in [9.17, 15) is 4.79 Å². The molecule has 1 heterocycles. The number of H-pyrrole nitrogens is 1. The van der Waals surface area contributed by atoms with Gasteiger partial charge in [-0.05, 0) is 45.8 Å². The molecule has 2 aromatic carbocycles. The highest BCUT2D eigenvalue weighted by Gasteiger charge is 2.10. The quantitative estimate of drug-likeness (QED) is 0.719. The maximum absolute atomic E-state index is 11.9. The smallest absolute Gasteiger partial charge is 0.253 e. The summed E-state index contributed by atoms with van der Waals surface area (Å²) in [7, 11) is 3.46. The number of nitrogens with zero attached hydrogens (tertiary/aromatic N) is 4. The number of carbonyl (C=O) groups excluding carboxylic acids is 1. The van der Waals surface area contributed by atoms with E-state index in [1.54, 1.807) is 19.0 Å². The van der Waals surface area contributed by atoms with Gasteiger partial charge in [-0.2, -0.15) is 0 Å². The van der Waals surface area contributed by atoms with Crippen LogP contribution in [0.15, 0.2) is 42.5 Å². The van der Waals surface area contributed by atoms with E-state index in [0.29, 0.717) is 17.1 Å². The zero-order valence-corrected chi connectivity index (χ0v) is 12.8. The van der Waals surface area contributed by atoms with E-state index in [1.807, 2.05) is 42.5 Å². The highest BCUT2D eigenvalue weighted by atomic mass is 16.2. The number of nitrogens with two attached hydrogens (primary N) is 1. The van der Waals surface area contributed by atoms with Gasteiger partial charge in [-0.1, -0.05) is 18.2 Å². The fourth-order valence-electron chi connectivity index (χ4n) is 2.28. The molecule has 0 aliphatic heterocycles. The van der Waals surface area contributed by atoms with E-state index >= 15 is 0 Å². The van der Waals surface area contributed by atoms with Crippen molar-refractivity contribution >= 4 is 11.6 Å². The van der Waals surface area contributed by atoms with Gasteiger partial charge in [0.05, 0.1) is 0 Å². The molecule has 0 atom stereocenters. The number of hydrogen-bond donors (Lipinski definition) is 2. The molecule has 0 spiro atoms. The predicted octanol–water partition coefficient (Wildman–Crippen LogP) is 1.82. The van der Waals surface area contributed by atoms with Crippen LogP contribution in [0.2, 0.25) is 0 Å². The Bertz CT molecular complexity index is 824.